The summed E-state index contributed by atoms with van der Waals surface area (Å²) in [5.41, 5.74) is 2.36. The number of benzene rings is 2. The van der Waals surface area contributed by atoms with E-state index in [1.807, 2.05) is 43.3 Å². The van der Waals surface area contributed by atoms with Crippen molar-refractivity contribution in [3.05, 3.63) is 59.7 Å². The minimum atomic E-state index is -0.103. The van der Waals surface area contributed by atoms with Gasteiger partial charge < -0.3 is 14.8 Å². The van der Waals surface area contributed by atoms with Crippen LogP contribution in [0.4, 0.5) is 0 Å². The number of carbonyl (C=O) groups excluding carboxylic acids is 1. The highest BCUT2D eigenvalue weighted by Gasteiger charge is 2.24. The summed E-state index contributed by atoms with van der Waals surface area (Å²) in [6, 6.07) is 16.0. The van der Waals surface area contributed by atoms with Crippen LogP contribution < -0.4 is 14.8 Å². The Morgan fingerprint density at radius 3 is 2.30 bits per heavy atom. The Morgan fingerprint density at radius 1 is 1.04 bits per heavy atom. The third-order valence-electron chi connectivity index (χ3n) is 4.97. The van der Waals surface area contributed by atoms with E-state index in [0.29, 0.717) is 12.3 Å². The third kappa shape index (κ3) is 5.47. The average Bonchev–Trinajstić information content (AvgIpc) is 3.23. The molecular weight excluding hydrogens is 340 g/mol. The molecule has 0 saturated carbocycles. The van der Waals surface area contributed by atoms with E-state index in [1.165, 1.54) is 24.0 Å². The van der Waals surface area contributed by atoms with E-state index in [2.05, 4.69) is 22.3 Å². The molecular formula is C22H28N2O3. The van der Waals surface area contributed by atoms with E-state index in [4.69, 9.17) is 9.47 Å². The van der Waals surface area contributed by atoms with Crippen molar-refractivity contribution in [1.82, 2.24) is 10.2 Å². The number of hydrogen-bond acceptors (Lipinski definition) is 4. The van der Waals surface area contributed by atoms with Crippen molar-refractivity contribution < 1.29 is 14.3 Å². The normalized spacial score (nSPS) is 15.3. The van der Waals surface area contributed by atoms with Gasteiger partial charge in [0.2, 0.25) is 0 Å². The van der Waals surface area contributed by atoms with Crippen LogP contribution in [0.2, 0.25) is 0 Å². The fourth-order valence-electron chi connectivity index (χ4n) is 3.38. The van der Waals surface area contributed by atoms with Crippen molar-refractivity contribution in [2.75, 3.05) is 33.4 Å². The van der Waals surface area contributed by atoms with Gasteiger partial charge in [-0.15, -0.1) is 0 Å². The van der Waals surface area contributed by atoms with Gasteiger partial charge in [-0.05, 0) is 62.7 Å². The van der Waals surface area contributed by atoms with Crippen LogP contribution in [0, 0.1) is 6.92 Å². The first-order chi connectivity index (χ1) is 13.2. The lowest BCUT2D eigenvalue weighted by atomic mass is 10.1. The van der Waals surface area contributed by atoms with Gasteiger partial charge in [0.1, 0.15) is 11.5 Å². The number of carbonyl (C=O) groups is 1. The number of hydrogen-bond donors (Lipinski definition) is 1. The topological polar surface area (TPSA) is 50.8 Å². The molecule has 0 spiro atoms. The van der Waals surface area contributed by atoms with Gasteiger partial charge in [-0.1, -0.05) is 29.8 Å². The number of rotatable bonds is 8. The SMILES string of the molecule is COc1ccc(C(CNC(=O)COc2ccc(C)cc2)N2CCCC2)cc1. The van der Waals surface area contributed by atoms with Gasteiger partial charge in [0.15, 0.2) is 6.61 Å². The number of aryl methyl sites for hydroxylation is 1. The standard InChI is InChI=1S/C22H28N2O3/c1-17-5-9-20(10-6-17)27-16-22(25)23-15-21(24-13-3-4-14-24)18-7-11-19(26-2)12-8-18/h5-12,21H,3-4,13-16H2,1-2H3,(H,23,25). The molecule has 3 rings (SSSR count). The molecule has 2 aromatic carbocycles. The Labute approximate surface area is 161 Å². The Hall–Kier alpha value is -2.53. The lowest BCUT2D eigenvalue weighted by Gasteiger charge is -2.28. The summed E-state index contributed by atoms with van der Waals surface area (Å²) < 4.78 is 10.8. The highest BCUT2D eigenvalue weighted by Crippen LogP contribution is 2.26. The maximum atomic E-state index is 12.3. The van der Waals surface area contributed by atoms with Crippen molar-refractivity contribution in [2.24, 2.45) is 0 Å². The predicted molar refractivity (Wildman–Crippen MR) is 106 cm³/mol. The van der Waals surface area contributed by atoms with Crippen LogP contribution in [0.3, 0.4) is 0 Å². The molecule has 0 bridgehead atoms. The molecule has 5 heteroatoms. The molecule has 0 radical (unpaired) electrons. The zero-order chi connectivity index (χ0) is 19.1. The van der Waals surface area contributed by atoms with Crippen LogP contribution in [0.25, 0.3) is 0 Å². The predicted octanol–water partition coefficient (Wildman–Crippen LogP) is 3.34. The Bertz CT molecular complexity index is 722. The van der Waals surface area contributed by atoms with Crippen LogP contribution in [-0.2, 0) is 4.79 Å². The summed E-state index contributed by atoms with van der Waals surface area (Å²) in [6.45, 7) is 4.74. The molecule has 1 atom stereocenters. The van der Waals surface area contributed by atoms with Crippen LogP contribution in [-0.4, -0.2) is 44.2 Å². The average molecular weight is 368 g/mol. The molecule has 5 nitrogen and oxygen atoms in total. The molecule has 1 unspecified atom stereocenters. The molecule has 1 heterocycles. The summed E-state index contributed by atoms with van der Waals surface area (Å²) in [6.07, 6.45) is 2.41. The molecule has 1 amide bonds. The fraction of sp³-hybridized carbons (Fsp3) is 0.409. The number of methoxy groups -OCH3 is 1. The molecule has 2 aromatic rings. The highest BCUT2D eigenvalue weighted by atomic mass is 16.5. The van der Waals surface area contributed by atoms with Gasteiger partial charge in [0.05, 0.1) is 13.2 Å². The molecule has 0 aliphatic carbocycles. The molecule has 0 aromatic heterocycles. The Morgan fingerprint density at radius 2 is 1.67 bits per heavy atom. The summed E-state index contributed by atoms with van der Waals surface area (Å²) >= 11 is 0. The molecule has 1 aliphatic heterocycles. The zero-order valence-electron chi connectivity index (χ0n) is 16.1. The second-order valence-corrected chi connectivity index (χ2v) is 6.94. The third-order valence-corrected chi connectivity index (χ3v) is 4.97. The smallest absolute Gasteiger partial charge is 0.258 e. The number of nitrogens with one attached hydrogen (secondary N) is 1. The summed E-state index contributed by atoms with van der Waals surface area (Å²) in [5.74, 6) is 1.45. The molecule has 1 fully saturated rings. The van der Waals surface area contributed by atoms with Gasteiger partial charge in [0.25, 0.3) is 5.91 Å². The van der Waals surface area contributed by atoms with Crippen LogP contribution >= 0.6 is 0 Å². The maximum Gasteiger partial charge on any atom is 0.258 e. The lowest BCUT2D eigenvalue weighted by Crippen LogP contribution is -2.38. The highest BCUT2D eigenvalue weighted by molar-refractivity contribution is 5.77. The van der Waals surface area contributed by atoms with E-state index in [0.717, 1.165) is 18.8 Å². The first-order valence-electron chi connectivity index (χ1n) is 9.50. The monoisotopic (exact) mass is 368 g/mol. The number of amides is 1. The number of ether oxygens (including phenoxy) is 2. The van der Waals surface area contributed by atoms with Crippen molar-refractivity contribution in [1.29, 1.82) is 0 Å². The van der Waals surface area contributed by atoms with E-state index in [-0.39, 0.29) is 18.6 Å². The van der Waals surface area contributed by atoms with E-state index < -0.39 is 0 Å². The van der Waals surface area contributed by atoms with E-state index in [9.17, 15) is 4.79 Å². The molecule has 27 heavy (non-hydrogen) atoms. The fourth-order valence-corrected chi connectivity index (χ4v) is 3.38. The Balaban J connectivity index is 1.56. The van der Waals surface area contributed by atoms with Gasteiger partial charge in [-0.2, -0.15) is 0 Å². The first-order valence-corrected chi connectivity index (χ1v) is 9.50. The maximum absolute atomic E-state index is 12.3. The van der Waals surface area contributed by atoms with Gasteiger partial charge in [-0.25, -0.2) is 0 Å². The van der Waals surface area contributed by atoms with E-state index in [1.54, 1.807) is 7.11 Å². The minimum Gasteiger partial charge on any atom is -0.497 e. The van der Waals surface area contributed by atoms with Gasteiger partial charge in [0, 0.05) is 6.54 Å². The molecule has 1 saturated heterocycles. The number of likely N-dealkylation sites (tertiary alicyclic amines) is 1. The minimum absolute atomic E-state index is 0.0262. The van der Waals surface area contributed by atoms with Crippen molar-refractivity contribution in [3.8, 4) is 11.5 Å². The summed E-state index contributed by atoms with van der Waals surface area (Å²) in [7, 11) is 1.67. The van der Waals surface area contributed by atoms with Crippen molar-refractivity contribution in [3.63, 3.8) is 0 Å². The van der Waals surface area contributed by atoms with Gasteiger partial charge >= 0.3 is 0 Å². The summed E-state index contributed by atoms with van der Waals surface area (Å²) in [5, 5.41) is 3.03. The molecule has 1 aliphatic rings. The van der Waals surface area contributed by atoms with Crippen LogP contribution in [0.5, 0.6) is 11.5 Å². The largest absolute Gasteiger partial charge is 0.497 e. The summed E-state index contributed by atoms with van der Waals surface area (Å²) in [4.78, 5) is 14.7. The van der Waals surface area contributed by atoms with Crippen molar-refractivity contribution in [2.45, 2.75) is 25.8 Å². The lowest BCUT2D eigenvalue weighted by molar-refractivity contribution is -0.123. The van der Waals surface area contributed by atoms with Gasteiger partial charge in [-0.3, -0.25) is 9.69 Å². The second-order valence-electron chi connectivity index (χ2n) is 6.94. The van der Waals surface area contributed by atoms with Crippen LogP contribution in [0.15, 0.2) is 48.5 Å². The number of nitrogens with zero attached hydrogens (tertiary/aromatic N) is 1. The second kappa shape index (κ2) is 9.42. The molecule has 144 valence electrons. The molecule has 1 N–H and O–H groups in total. The van der Waals surface area contributed by atoms with Crippen LogP contribution in [0.1, 0.15) is 30.0 Å². The quantitative estimate of drug-likeness (QED) is 0.776. The first kappa shape index (κ1) is 19.2. The van der Waals surface area contributed by atoms with E-state index >= 15 is 0 Å². The van der Waals surface area contributed by atoms with Crippen molar-refractivity contribution >= 4 is 5.91 Å². The zero-order valence-corrected chi connectivity index (χ0v) is 16.1. The Kier molecular flexibility index (Phi) is 6.71.